The van der Waals surface area contributed by atoms with E-state index in [-0.39, 0.29) is 27.1 Å². The quantitative estimate of drug-likeness (QED) is 0.820. The number of halogens is 2. The molecular formula is C9H8Cl2O4. The number of methoxy groups -OCH3 is 2. The van der Waals surface area contributed by atoms with Crippen molar-refractivity contribution in [2.24, 2.45) is 0 Å². The zero-order valence-electron chi connectivity index (χ0n) is 8.01. The summed E-state index contributed by atoms with van der Waals surface area (Å²) in [6.07, 6.45) is 0. The molecule has 0 fully saturated rings. The van der Waals surface area contributed by atoms with E-state index in [4.69, 9.17) is 27.9 Å². The number of carbonyl (C=O) groups is 1. The SMILES string of the molecule is COC(=O)c1c(Cl)cc(OC)c(O)c1Cl. The van der Waals surface area contributed by atoms with Crippen LogP contribution in [0, 0.1) is 0 Å². The first kappa shape index (κ1) is 11.9. The van der Waals surface area contributed by atoms with Gasteiger partial charge in [0.25, 0.3) is 0 Å². The van der Waals surface area contributed by atoms with Crippen LogP contribution in [-0.4, -0.2) is 25.3 Å². The molecular weight excluding hydrogens is 243 g/mol. The molecule has 0 radical (unpaired) electrons. The maximum absolute atomic E-state index is 11.3. The molecule has 1 aromatic rings. The highest BCUT2D eigenvalue weighted by atomic mass is 35.5. The topological polar surface area (TPSA) is 55.8 Å². The van der Waals surface area contributed by atoms with E-state index in [9.17, 15) is 9.90 Å². The van der Waals surface area contributed by atoms with Gasteiger partial charge in [-0.2, -0.15) is 0 Å². The summed E-state index contributed by atoms with van der Waals surface area (Å²) in [5.74, 6) is -0.968. The molecule has 0 aromatic heterocycles. The number of hydrogen-bond acceptors (Lipinski definition) is 4. The van der Waals surface area contributed by atoms with Gasteiger partial charge in [-0.1, -0.05) is 23.2 Å². The Balaban J connectivity index is 3.42. The van der Waals surface area contributed by atoms with Crippen molar-refractivity contribution in [3.05, 3.63) is 21.7 Å². The second-order valence-corrected chi connectivity index (χ2v) is 3.37. The highest BCUT2D eigenvalue weighted by Gasteiger charge is 2.21. The third-order valence-electron chi connectivity index (χ3n) is 1.77. The molecule has 1 rings (SSSR count). The molecule has 1 aromatic carbocycles. The second kappa shape index (κ2) is 4.59. The van der Waals surface area contributed by atoms with Crippen molar-refractivity contribution < 1.29 is 19.4 Å². The van der Waals surface area contributed by atoms with Crippen molar-refractivity contribution in [3.8, 4) is 11.5 Å². The van der Waals surface area contributed by atoms with E-state index in [1.54, 1.807) is 0 Å². The van der Waals surface area contributed by atoms with Crippen molar-refractivity contribution >= 4 is 29.2 Å². The number of rotatable bonds is 2. The molecule has 0 unspecified atom stereocenters. The number of aromatic hydroxyl groups is 1. The first-order chi connectivity index (χ1) is 7.02. The van der Waals surface area contributed by atoms with Crippen LogP contribution >= 0.6 is 23.2 Å². The van der Waals surface area contributed by atoms with Gasteiger partial charge in [-0.25, -0.2) is 4.79 Å². The van der Waals surface area contributed by atoms with E-state index in [0.29, 0.717) is 0 Å². The molecule has 0 saturated carbocycles. The molecule has 0 aliphatic carbocycles. The maximum Gasteiger partial charge on any atom is 0.341 e. The van der Waals surface area contributed by atoms with E-state index in [2.05, 4.69) is 4.74 Å². The molecule has 0 atom stereocenters. The van der Waals surface area contributed by atoms with Gasteiger partial charge in [0, 0.05) is 6.07 Å². The Bertz CT molecular complexity index is 404. The van der Waals surface area contributed by atoms with Crippen LogP contribution in [0.4, 0.5) is 0 Å². The van der Waals surface area contributed by atoms with Crippen LogP contribution < -0.4 is 4.74 Å². The third-order valence-corrected chi connectivity index (χ3v) is 2.43. The first-order valence-corrected chi connectivity index (χ1v) is 4.61. The van der Waals surface area contributed by atoms with Crippen molar-refractivity contribution in [1.29, 1.82) is 0 Å². The Morgan fingerprint density at radius 2 is 2.00 bits per heavy atom. The fourth-order valence-corrected chi connectivity index (χ4v) is 1.62. The summed E-state index contributed by atoms with van der Waals surface area (Å²) < 4.78 is 9.27. The Morgan fingerprint density at radius 1 is 1.40 bits per heavy atom. The fraction of sp³-hybridized carbons (Fsp3) is 0.222. The lowest BCUT2D eigenvalue weighted by Gasteiger charge is -2.10. The van der Waals surface area contributed by atoms with Crippen LogP contribution in [0.15, 0.2) is 6.07 Å². The summed E-state index contributed by atoms with van der Waals surface area (Å²) >= 11 is 11.5. The number of ether oxygens (including phenoxy) is 2. The van der Waals surface area contributed by atoms with Gasteiger partial charge in [-0.15, -0.1) is 0 Å². The lowest BCUT2D eigenvalue weighted by molar-refractivity contribution is 0.0600. The zero-order valence-corrected chi connectivity index (χ0v) is 9.52. The highest BCUT2D eigenvalue weighted by Crippen LogP contribution is 2.40. The van der Waals surface area contributed by atoms with Crippen molar-refractivity contribution in [3.63, 3.8) is 0 Å². The number of benzene rings is 1. The minimum absolute atomic E-state index is 0.0569. The molecule has 0 spiro atoms. The van der Waals surface area contributed by atoms with Gasteiger partial charge < -0.3 is 14.6 Å². The molecule has 0 aliphatic rings. The zero-order chi connectivity index (χ0) is 11.6. The van der Waals surface area contributed by atoms with Crippen LogP contribution in [0.3, 0.4) is 0 Å². The molecule has 4 nitrogen and oxygen atoms in total. The standard InChI is InChI=1S/C9H8Cl2O4/c1-14-5-3-4(10)6(9(13)15-2)7(11)8(5)12/h3,12H,1-2H3. The average Bonchev–Trinajstić information content (AvgIpc) is 2.23. The molecule has 0 heterocycles. The van der Waals surface area contributed by atoms with Crippen LogP contribution in [0.25, 0.3) is 0 Å². The summed E-state index contributed by atoms with van der Waals surface area (Å²) in [6, 6.07) is 1.29. The summed E-state index contributed by atoms with van der Waals surface area (Å²) in [5.41, 5.74) is -0.0841. The van der Waals surface area contributed by atoms with Crippen molar-refractivity contribution in [2.75, 3.05) is 14.2 Å². The Labute approximate surface area is 96.3 Å². The van der Waals surface area contributed by atoms with Crippen LogP contribution in [0.1, 0.15) is 10.4 Å². The Hall–Kier alpha value is -1.13. The maximum atomic E-state index is 11.3. The smallest absolute Gasteiger partial charge is 0.341 e. The predicted molar refractivity (Wildman–Crippen MR) is 56.0 cm³/mol. The highest BCUT2D eigenvalue weighted by molar-refractivity contribution is 6.40. The van der Waals surface area contributed by atoms with Gasteiger partial charge in [-0.3, -0.25) is 0 Å². The van der Waals surface area contributed by atoms with Crippen LogP contribution in [0.5, 0.6) is 11.5 Å². The molecule has 0 aliphatic heterocycles. The van der Waals surface area contributed by atoms with E-state index in [0.717, 1.165) is 0 Å². The molecule has 15 heavy (non-hydrogen) atoms. The first-order valence-electron chi connectivity index (χ1n) is 3.86. The summed E-state index contributed by atoms with van der Waals surface area (Å²) in [6.45, 7) is 0. The number of carbonyl (C=O) groups excluding carboxylic acids is 1. The van der Waals surface area contributed by atoms with Crippen molar-refractivity contribution in [1.82, 2.24) is 0 Å². The number of hydrogen-bond donors (Lipinski definition) is 1. The van der Waals surface area contributed by atoms with E-state index in [1.807, 2.05) is 0 Å². The van der Waals surface area contributed by atoms with Gasteiger partial charge in [0.05, 0.1) is 19.2 Å². The molecule has 0 amide bonds. The van der Waals surface area contributed by atoms with Crippen LogP contribution in [-0.2, 0) is 4.74 Å². The molecule has 0 bridgehead atoms. The van der Waals surface area contributed by atoms with Gasteiger partial charge in [0.15, 0.2) is 11.5 Å². The minimum atomic E-state index is -0.719. The molecule has 6 heteroatoms. The minimum Gasteiger partial charge on any atom is -0.503 e. The normalized spacial score (nSPS) is 9.87. The molecule has 1 N–H and O–H groups in total. The molecule has 0 saturated heterocycles. The Morgan fingerprint density at radius 3 is 2.47 bits per heavy atom. The monoisotopic (exact) mass is 250 g/mol. The largest absolute Gasteiger partial charge is 0.503 e. The summed E-state index contributed by atoms with van der Waals surface area (Å²) in [7, 11) is 2.54. The van der Waals surface area contributed by atoms with Gasteiger partial charge >= 0.3 is 5.97 Å². The van der Waals surface area contributed by atoms with Gasteiger partial charge in [-0.05, 0) is 0 Å². The average molecular weight is 251 g/mol. The van der Waals surface area contributed by atoms with E-state index < -0.39 is 5.97 Å². The number of phenolic OH excluding ortho intramolecular Hbond substituents is 1. The van der Waals surface area contributed by atoms with Crippen molar-refractivity contribution in [2.45, 2.75) is 0 Å². The van der Waals surface area contributed by atoms with E-state index in [1.165, 1.54) is 20.3 Å². The Kier molecular flexibility index (Phi) is 3.66. The second-order valence-electron chi connectivity index (χ2n) is 2.59. The number of phenols is 1. The predicted octanol–water partition coefficient (Wildman–Crippen LogP) is 2.49. The number of esters is 1. The van der Waals surface area contributed by atoms with Crippen LogP contribution in [0.2, 0.25) is 10.0 Å². The summed E-state index contributed by atoms with van der Waals surface area (Å²) in [5, 5.41) is 9.39. The van der Waals surface area contributed by atoms with Gasteiger partial charge in [0.2, 0.25) is 0 Å². The third kappa shape index (κ3) is 2.11. The fourth-order valence-electron chi connectivity index (χ4n) is 1.03. The lowest BCUT2D eigenvalue weighted by atomic mass is 10.2. The van der Waals surface area contributed by atoms with E-state index >= 15 is 0 Å². The summed E-state index contributed by atoms with van der Waals surface area (Å²) in [4.78, 5) is 11.3. The molecule has 82 valence electrons. The van der Waals surface area contributed by atoms with Gasteiger partial charge in [0.1, 0.15) is 10.6 Å². The lowest BCUT2D eigenvalue weighted by Crippen LogP contribution is -2.03.